The lowest BCUT2D eigenvalue weighted by Crippen LogP contribution is -2.42. The van der Waals surface area contributed by atoms with Crippen molar-refractivity contribution in [1.29, 1.82) is 0 Å². The highest BCUT2D eigenvalue weighted by Gasteiger charge is 2.39. The summed E-state index contributed by atoms with van der Waals surface area (Å²) in [4.78, 5) is 24.6. The van der Waals surface area contributed by atoms with Crippen molar-refractivity contribution in [3.05, 3.63) is 65.4 Å². The standard InChI is InChI=1S/C27H33NO4/c1-25(2,3)18-11-9-17(10-12-18)20-14-13-19(26(4,5)6)15-22(20)28-16-21-23(29)31-27(7,8)32-24(21)30/h9-16,28H,1-8H3. The van der Waals surface area contributed by atoms with Crippen LogP contribution in [0, 0.1) is 0 Å². The highest BCUT2D eigenvalue weighted by atomic mass is 16.7. The summed E-state index contributed by atoms with van der Waals surface area (Å²) in [6.07, 6.45) is 1.37. The molecule has 32 heavy (non-hydrogen) atoms. The zero-order chi connectivity index (χ0) is 23.9. The second kappa shape index (κ2) is 8.12. The van der Waals surface area contributed by atoms with Gasteiger partial charge in [0.15, 0.2) is 5.57 Å². The highest BCUT2D eigenvalue weighted by Crippen LogP contribution is 2.35. The van der Waals surface area contributed by atoms with Crippen LogP contribution in [-0.2, 0) is 29.9 Å². The van der Waals surface area contributed by atoms with Crippen molar-refractivity contribution in [3.8, 4) is 11.1 Å². The monoisotopic (exact) mass is 435 g/mol. The lowest BCUT2D eigenvalue weighted by molar-refractivity contribution is -0.222. The molecule has 0 saturated carbocycles. The molecule has 1 aliphatic rings. The molecule has 1 saturated heterocycles. The Kier molecular flexibility index (Phi) is 5.98. The number of rotatable bonds is 3. The molecule has 0 amide bonds. The quantitative estimate of drug-likeness (QED) is 0.359. The second-order valence-electron chi connectivity index (χ2n) is 10.7. The SMILES string of the molecule is CC1(C)OC(=O)C(=CNc2cc(C(C)(C)C)ccc2-c2ccc(C(C)(C)C)cc2)C(=O)O1. The van der Waals surface area contributed by atoms with Crippen LogP contribution in [0.25, 0.3) is 11.1 Å². The molecule has 0 atom stereocenters. The normalized spacial score (nSPS) is 16.3. The predicted molar refractivity (Wildman–Crippen MR) is 127 cm³/mol. The predicted octanol–water partition coefficient (Wildman–Crippen LogP) is 6.08. The molecule has 5 nitrogen and oxygen atoms in total. The van der Waals surface area contributed by atoms with E-state index in [1.807, 2.05) is 6.07 Å². The molecule has 1 fully saturated rings. The molecule has 0 spiro atoms. The molecule has 5 heteroatoms. The Hall–Kier alpha value is -3.08. The van der Waals surface area contributed by atoms with Gasteiger partial charge in [-0.25, -0.2) is 9.59 Å². The fourth-order valence-electron chi connectivity index (χ4n) is 3.46. The molecule has 0 aromatic heterocycles. The van der Waals surface area contributed by atoms with Gasteiger partial charge in [-0.05, 0) is 33.6 Å². The van der Waals surface area contributed by atoms with Gasteiger partial charge in [0.1, 0.15) is 0 Å². The molecule has 1 aliphatic heterocycles. The second-order valence-corrected chi connectivity index (χ2v) is 10.7. The third-order valence-corrected chi connectivity index (χ3v) is 5.44. The first-order valence-corrected chi connectivity index (χ1v) is 10.9. The average molecular weight is 436 g/mol. The Labute approximate surface area is 190 Å². The fourth-order valence-corrected chi connectivity index (χ4v) is 3.46. The first kappa shape index (κ1) is 23.6. The van der Waals surface area contributed by atoms with Crippen molar-refractivity contribution in [2.24, 2.45) is 0 Å². The maximum Gasteiger partial charge on any atom is 0.350 e. The van der Waals surface area contributed by atoms with Crippen LogP contribution in [0.15, 0.2) is 54.2 Å². The van der Waals surface area contributed by atoms with Gasteiger partial charge < -0.3 is 14.8 Å². The highest BCUT2D eigenvalue weighted by molar-refractivity contribution is 6.15. The third kappa shape index (κ3) is 5.21. The zero-order valence-corrected chi connectivity index (χ0v) is 20.3. The van der Waals surface area contributed by atoms with Crippen molar-refractivity contribution < 1.29 is 19.1 Å². The van der Waals surface area contributed by atoms with Crippen molar-refractivity contribution in [3.63, 3.8) is 0 Å². The Balaban J connectivity index is 2.01. The van der Waals surface area contributed by atoms with Gasteiger partial charge in [-0.15, -0.1) is 0 Å². The number of carbonyl (C=O) groups excluding carboxylic acids is 2. The number of nitrogens with one attached hydrogen (secondary N) is 1. The van der Waals surface area contributed by atoms with Crippen LogP contribution >= 0.6 is 0 Å². The van der Waals surface area contributed by atoms with Crippen LogP contribution in [0.2, 0.25) is 0 Å². The Morgan fingerprint density at radius 2 is 1.28 bits per heavy atom. The number of carbonyl (C=O) groups is 2. The minimum absolute atomic E-state index is 0.0646. The Morgan fingerprint density at radius 3 is 1.78 bits per heavy atom. The van der Waals surface area contributed by atoms with Gasteiger partial charge in [0.25, 0.3) is 5.79 Å². The third-order valence-electron chi connectivity index (χ3n) is 5.44. The molecule has 0 unspecified atom stereocenters. The number of anilines is 1. The molecule has 0 radical (unpaired) electrons. The molecule has 2 aromatic carbocycles. The smallest absolute Gasteiger partial charge is 0.350 e. The number of cyclic esters (lactones) is 2. The van der Waals surface area contributed by atoms with Crippen molar-refractivity contribution >= 4 is 17.6 Å². The molecule has 1 N–H and O–H groups in total. The lowest BCUT2D eigenvalue weighted by atomic mass is 9.84. The van der Waals surface area contributed by atoms with Gasteiger partial charge >= 0.3 is 11.9 Å². The van der Waals surface area contributed by atoms with Crippen molar-refractivity contribution in [2.45, 2.75) is 72.0 Å². The van der Waals surface area contributed by atoms with Gasteiger partial charge in [0.05, 0.1) is 0 Å². The van der Waals surface area contributed by atoms with Gasteiger partial charge in [-0.3, -0.25) is 0 Å². The number of ether oxygens (including phenoxy) is 2. The summed E-state index contributed by atoms with van der Waals surface area (Å²) in [5.74, 6) is -2.68. The number of esters is 2. The maximum atomic E-state index is 12.3. The van der Waals surface area contributed by atoms with Gasteiger partial charge in [-0.1, -0.05) is 77.9 Å². The van der Waals surface area contributed by atoms with E-state index in [0.29, 0.717) is 0 Å². The van der Waals surface area contributed by atoms with Crippen LogP contribution in [0.5, 0.6) is 0 Å². The van der Waals surface area contributed by atoms with E-state index < -0.39 is 17.7 Å². The molecular formula is C27H33NO4. The van der Waals surface area contributed by atoms with E-state index in [1.165, 1.54) is 25.6 Å². The van der Waals surface area contributed by atoms with Gasteiger partial charge in [0, 0.05) is 31.3 Å². The van der Waals surface area contributed by atoms with E-state index in [-0.39, 0.29) is 16.4 Å². The number of benzene rings is 2. The minimum Gasteiger partial charge on any atom is -0.419 e. The van der Waals surface area contributed by atoms with Crippen molar-refractivity contribution in [1.82, 2.24) is 0 Å². The van der Waals surface area contributed by atoms with Gasteiger partial charge in [0.2, 0.25) is 0 Å². The Morgan fingerprint density at radius 1 is 0.781 bits per heavy atom. The molecular weight excluding hydrogens is 402 g/mol. The number of hydrogen-bond acceptors (Lipinski definition) is 5. The average Bonchev–Trinajstić information content (AvgIpc) is 2.65. The largest absolute Gasteiger partial charge is 0.419 e. The van der Waals surface area contributed by atoms with E-state index in [4.69, 9.17) is 9.47 Å². The molecule has 170 valence electrons. The summed E-state index contributed by atoms with van der Waals surface area (Å²) < 4.78 is 10.4. The first-order chi connectivity index (χ1) is 14.7. The molecule has 3 rings (SSSR count). The van der Waals surface area contributed by atoms with Crippen molar-refractivity contribution in [2.75, 3.05) is 5.32 Å². The topological polar surface area (TPSA) is 64.6 Å². The van der Waals surface area contributed by atoms with E-state index in [9.17, 15) is 9.59 Å². The summed E-state index contributed by atoms with van der Waals surface area (Å²) in [5.41, 5.74) is 5.00. The lowest BCUT2D eigenvalue weighted by Gasteiger charge is -2.29. The minimum atomic E-state index is -1.27. The van der Waals surface area contributed by atoms with Crippen LogP contribution in [0.4, 0.5) is 5.69 Å². The van der Waals surface area contributed by atoms with Crippen LogP contribution < -0.4 is 5.32 Å². The molecule has 2 aromatic rings. The first-order valence-electron chi connectivity index (χ1n) is 10.9. The van der Waals surface area contributed by atoms with E-state index in [2.05, 4.69) is 83.3 Å². The zero-order valence-electron chi connectivity index (χ0n) is 20.3. The number of hydrogen-bond donors (Lipinski definition) is 1. The van der Waals surface area contributed by atoms with Crippen LogP contribution in [0.1, 0.15) is 66.5 Å². The molecule has 0 aliphatic carbocycles. The summed E-state index contributed by atoms with van der Waals surface area (Å²) in [5, 5.41) is 3.16. The summed E-state index contributed by atoms with van der Waals surface area (Å²) in [6.45, 7) is 16.0. The maximum absolute atomic E-state index is 12.3. The van der Waals surface area contributed by atoms with Crippen LogP contribution in [-0.4, -0.2) is 17.7 Å². The summed E-state index contributed by atoms with van der Waals surface area (Å²) >= 11 is 0. The van der Waals surface area contributed by atoms with E-state index in [0.717, 1.165) is 22.4 Å². The van der Waals surface area contributed by atoms with E-state index in [1.54, 1.807) is 0 Å². The summed E-state index contributed by atoms with van der Waals surface area (Å²) in [6, 6.07) is 14.7. The van der Waals surface area contributed by atoms with Gasteiger partial charge in [-0.2, -0.15) is 0 Å². The summed E-state index contributed by atoms with van der Waals surface area (Å²) in [7, 11) is 0. The Bertz CT molecular complexity index is 1040. The molecule has 0 bridgehead atoms. The van der Waals surface area contributed by atoms with Crippen LogP contribution in [0.3, 0.4) is 0 Å². The fraction of sp³-hybridized carbons (Fsp3) is 0.407. The molecule has 1 heterocycles. The van der Waals surface area contributed by atoms with E-state index >= 15 is 0 Å².